The van der Waals surface area contributed by atoms with Gasteiger partial charge in [0.25, 0.3) is 0 Å². The molecule has 0 aliphatic carbocycles. The van der Waals surface area contributed by atoms with Crippen LogP contribution in [0.2, 0.25) is 0 Å². The number of hydrogen-bond donors (Lipinski definition) is 3. The van der Waals surface area contributed by atoms with Crippen LogP contribution >= 0.6 is 0 Å². The monoisotopic (exact) mass is 257 g/mol. The van der Waals surface area contributed by atoms with Crippen molar-refractivity contribution in [2.45, 2.75) is 13.8 Å². The van der Waals surface area contributed by atoms with E-state index >= 15 is 0 Å². The van der Waals surface area contributed by atoms with Crippen LogP contribution in [0.25, 0.3) is 0 Å². The maximum absolute atomic E-state index is 9.93. The van der Waals surface area contributed by atoms with Crippen LogP contribution in [0.5, 0.6) is 11.5 Å². The molecule has 4 heteroatoms. The molecule has 0 aliphatic heterocycles. The fourth-order valence-electron chi connectivity index (χ4n) is 1.94. The lowest BCUT2D eigenvalue weighted by Crippen LogP contribution is -2.04. The van der Waals surface area contributed by atoms with Crippen molar-refractivity contribution < 1.29 is 15.4 Å². The normalized spacial score (nSPS) is 10.2. The Morgan fingerprint density at radius 1 is 0.842 bits per heavy atom. The molecule has 0 radical (unpaired) electrons. The molecule has 3 N–H and O–H groups in total. The minimum Gasteiger partial charge on any atom is -0.507 e. The number of aromatic hydroxyl groups is 2. The second kappa shape index (κ2) is 5.02. The van der Waals surface area contributed by atoms with E-state index in [-0.39, 0.29) is 17.2 Å². The van der Waals surface area contributed by atoms with Crippen LogP contribution in [0.1, 0.15) is 22.3 Å². The molecule has 0 bridgehead atoms. The van der Waals surface area contributed by atoms with E-state index < -0.39 is 0 Å². The first kappa shape index (κ1) is 13.0. The quantitative estimate of drug-likeness (QED) is 0.440. The highest BCUT2D eigenvalue weighted by molar-refractivity contribution is 6.15. The van der Waals surface area contributed by atoms with Gasteiger partial charge in [-0.15, -0.1) is 0 Å². The summed E-state index contributed by atoms with van der Waals surface area (Å²) in [5.74, 6) is 0.0144. The molecular formula is C15H15NO3. The summed E-state index contributed by atoms with van der Waals surface area (Å²) >= 11 is 0. The van der Waals surface area contributed by atoms with E-state index in [1.54, 1.807) is 36.4 Å². The van der Waals surface area contributed by atoms with Gasteiger partial charge in [-0.2, -0.15) is 0 Å². The van der Waals surface area contributed by atoms with E-state index in [0.29, 0.717) is 11.1 Å². The molecular weight excluding hydrogens is 242 g/mol. The van der Waals surface area contributed by atoms with Gasteiger partial charge in [-0.25, -0.2) is 0 Å². The number of rotatable bonds is 2. The largest absolute Gasteiger partial charge is 0.507 e. The number of aryl methyl sites for hydroxylation is 2. The number of nitrogens with zero attached hydrogens (tertiary/aromatic N) is 1. The van der Waals surface area contributed by atoms with Crippen molar-refractivity contribution in [1.82, 2.24) is 0 Å². The molecule has 19 heavy (non-hydrogen) atoms. The average molecular weight is 257 g/mol. The molecule has 0 saturated carbocycles. The topological polar surface area (TPSA) is 73.1 Å². The van der Waals surface area contributed by atoms with Gasteiger partial charge in [-0.1, -0.05) is 17.3 Å². The highest BCUT2D eigenvalue weighted by Gasteiger charge is 2.15. The first-order chi connectivity index (χ1) is 9.02. The Hall–Kier alpha value is -2.49. The van der Waals surface area contributed by atoms with Crippen LogP contribution in [-0.4, -0.2) is 21.1 Å². The Morgan fingerprint density at radius 3 is 1.58 bits per heavy atom. The Morgan fingerprint density at radius 2 is 1.26 bits per heavy atom. The summed E-state index contributed by atoms with van der Waals surface area (Å²) in [7, 11) is 0. The average Bonchev–Trinajstić information content (AvgIpc) is 2.34. The van der Waals surface area contributed by atoms with Gasteiger partial charge in [0.2, 0.25) is 0 Å². The van der Waals surface area contributed by atoms with Gasteiger partial charge in [0.05, 0.1) is 0 Å². The van der Waals surface area contributed by atoms with Crippen molar-refractivity contribution in [2.75, 3.05) is 0 Å². The van der Waals surface area contributed by atoms with E-state index in [9.17, 15) is 15.4 Å². The van der Waals surface area contributed by atoms with Gasteiger partial charge in [-0.05, 0) is 49.2 Å². The molecule has 0 amide bonds. The summed E-state index contributed by atoms with van der Waals surface area (Å²) in [6.07, 6.45) is 0. The highest BCUT2D eigenvalue weighted by atomic mass is 16.4. The third-order valence-electron chi connectivity index (χ3n) is 2.92. The van der Waals surface area contributed by atoms with Gasteiger partial charge in [-0.3, -0.25) is 0 Å². The first-order valence-corrected chi connectivity index (χ1v) is 5.85. The second-order valence-electron chi connectivity index (χ2n) is 4.49. The molecule has 98 valence electrons. The third kappa shape index (κ3) is 2.52. The summed E-state index contributed by atoms with van der Waals surface area (Å²) in [5.41, 5.74) is 2.66. The fraction of sp³-hybridized carbons (Fsp3) is 0.133. The summed E-state index contributed by atoms with van der Waals surface area (Å²) in [4.78, 5) is 0. The first-order valence-electron chi connectivity index (χ1n) is 5.85. The summed E-state index contributed by atoms with van der Waals surface area (Å²) in [6.45, 7) is 3.70. The predicted molar refractivity (Wildman–Crippen MR) is 73.1 cm³/mol. The minimum atomic E-state index is 0.00720. The molecule has 0 atom stereocenters. The molecule has 0 saturated heterocycles. The highest BCUT2D eigenvalue weighted by Crippen LogP contribution is 2.27. The molecule has 4 nitrogen and oxygen atoms in total. The van der Waals surface area contributed by atoms with Gasteiger partial charge in [0, 0.05) is 11.1 Å². The zero-order valence-electron chi connectivity index (χ0n) is 10.8. The van der Waals surface area contributed by atoms with Crippen molar-refractivity contribution in [2.24, 2.45) is 5.16 Å². The number of phenolic OH excluding ortho intramolecular Hbond substituents is 2. The number of phenols is 2. The van der Waals surface area contributed by atoms with E-state index in [1.807, 2.05) is 13.8 Å². The molecule has 0 fully saturated rings. The Kier molecular flexibility index (Phi) is 3.42. The fourth-order valence-corrected chi connectivity index (χ4v) is 1.94. The van der Waals surface area contributed by atoms with E-state index in [2.05, 4.69) is 5.16 Å². The van der Waals surface area contributed by atoms with Crippen molar-refractivity contribution >= 4 is 5.71 Å². The smallest absolute Gasteiger partial charge is 0.125 e. The van der Waals surface area contributed by atoms with Crippen LogP contribution < -0.4 is 0 Å². The molecule has 2 rings (SSSR count). The Balaban J connectivity index is 2.57. The number of benzene rings is 2. The van der Waals surface area contributed by atoms with Crippen LogP contribution in [0, 0.1) is 13.8 Å². The second-order valence-corrected chi connectivity index (χ2v) is 4.49. The maximum Gasteiger partial charge on any atom is 0.125 e. The molecule has 0 spiro atoms. The maximum atomic E-state index is 9.93. The molecule has 2 aromatic rings. The molecule has 0 heterocycles. The van der Waals surface area contributed by atoms with Crippen molar-refractivity contribution in [1.29, 1.82) is 0 Å². The number of hydrogen-bond acceptors (Lipinski definition) is 4. The standard InChI is InChI=1S/C15H15NO3/c1-9-3-5-11(13(17)7-9)15(16-19)12-6-4-10(2)8-14(12)18/h3-8,17-19H,1-2H3. The Labute approximate surface area is 111 Å². The molecule has 0 aliphatic rings. The zero-order chi connectivity index (χ0) is 14.0. The van der Waals surface area contributed by atoms with Crippen molar-refractivity contribution in [3.05, 3.63) is 58.7 Å². The minimum absolute atomic E-state index is 0.00720. The Bertz CT molecular complexity index is 594. The van der Waals surface area contributed by atoms with Crippen LogP contribution in [0.4, 0.5) is 0 Å². The zero-order valence-corrected chi connectivity index (χ0v) is 10.8. The van der Waals surface area contributed by atoms with Gasteiger partial charge >= 0.3 is 0 Å². The predicted octanol–water partition coefficient (Wildman–Crippen LogP) is 2.94. The van der Waals surface area contributed by atoms with E-state index in [1.165, 1.54) is 0 Å². The molecule has 0 aromatic heterocycles. The number of oxime groups is 1. The SMILES string of the molecule is Cc1ccc(C(=NO)c2ccc(C)cc2O)c(O)c1. The lowest BCUT2D eigenvalue weighted by Gasteiger charge is -2.10. The van der Waals surface area contributed by atoms with E-state index in [4.69, 9.17) is 0 Å². The summed E-state index contributed by atoms with van der Waals surface area (Å²) < 4.78 is 0. The molecule has 2 aromatic carbocycles. The van der Waals surface area contributed by atoms with Crippen molar-refractivity contribution in [3.8, 4) is 11.5 Å². The summed E-state index contributed by atoms with van der Waals surface area (Å²) in [5, 5.41) is 32.2. The van der Waals surface area contributed by atoms with Crippen LogP contribution in [-0.2, 0) is 0 Å². The van der Waals surface area contributed by atoms with Gasteiger partial charge < -0.3 is 15.4 Å². The lowest BCUT2D eigenvalue weighted by atomic mass is 9.98. The third-order valence-corrected chi connectivity index (χ3v) is 2.92. The molecule has 0 unspecified atom stereocenters. The van der Waals surface area contributed by atoms with Gasteiger partial charge in [0.15, 0.2) is 0 Å². The van der Waals surface area contributed by atoms with Crippen LogP contribution in [0.3, 0.4) is 0 Å². The summed E-state index contributed by atoms with van der Waals surface area (Å²) in [6, 6.07) is 10.0. The van der Waals surface area contributed by atoms with Crippen LogP contribution in [0.15, 0.2) is 41.6 Å². The van der Waals surface area contributed by atoms with Crippen molar-refractivity contribution in [3.63, 3.8) is 0 Å². The van der Waals surface area contributed by atoms with Gasteiger partial charge in [0.1, 0.15) is 17.2 Å². The van der Waals surface area contributed by atoms with E-state index in [0.717, 1.165) is 11.1 Å². The lowest BCUT2D eigenvalue weighted by molar-refractivity contribution is 0.319.